The van der Waals surface area contributed by atoms with Crippen molar-refractivity contribution < 1.29 is 4.92 Å². The van der Waals surface area contributed by atoms with Crippen LogP contribution in [0.1, 0.15) is 11.4 Å². The summed E-state index contributed by atoms with van der Waals surface area (Å²) in [5.74, 6) is -0.177. The number of hydrogen-bond donors (Lipinski definition) is 0. The first-order chi connectivity index (χ1) is 7.97. The van der Waals surface area contributed by atoms with Crippen molar-refractivity contribution in [2.45, 2.75) is 13.5 Å². The number of aromatic nitrogens is 4. The lowest BCUT2D eigenvalue weighted by Crippen LogP contribution is -2.06. The van der Waals surface area contributed by atoms with Gasteiger partial charge in [0.05, 0.1) is 22.7 Å². The summed E-state index contributed by atoms with van der Waals surface area (Å²) in [5.41, 5.74) is 1.84. The van der Waals surface area contributed by atoms with Crippen LogP contribution in [0.2, 0.25) is 0 Å². The topological polar surface area (TPSA) is 78.8 Å². The molecule has 0 fully saturated rings. The molecule has 0 aliphatic heterocycles. The highest BCUT2D eigenvalue weighted by atomic mass is 79.9. The largest absolute Gasteiger partial charge is 0.404 e. The summed E-state index contributed by atoms with van der Waals surface area (Å²) in [6, 6.07) is 1.92. The van der Waals surface area contributed by atoms with E-state index in [2.05, 4.69) is 26.1 Å². The molecule has 2 rings (SSSR count). The van der Waals surface area contributed by atoms with E-state index in [0.717, 1.165) is 11.4 Å². The number of rotatable bonds is 3. The predicted octanol–water partition coefficient (Wildman–Crippen LogP) is 1.64. The monoisotopic (exact) mass is 299 g/mol. The van der Waals surface area contributed by atoms with Crippen molar-refractivity contribution in [3.05, 3.63) is 38.2 Å². The summed E-state index contributed by atoms with van der Waals surface area (Å²) >= 11 is 3.11. The molecule has 0 N–H and O–H groups in total. The maximum atomic E-state index is 10.6. The average Bonchev–Trinajstić information content (AvgIpc) is 2.71. The van der Waals surface area contributed by atoms with Gasteiger partial charge in [0.15, 0.2) is 0 Å². The number of nitrogens with zero attached hydrogens (tertiary/aromatic N) is 5. The summed E-state index contributed by atoms with van der Waals surface area (Å²) < 4.78 is 3.62. The molecule has 2 aromatic rings. The highest BCUT2D eigenvalue weighted by Gasteiger charge is 2.19. The van der Waals surface area contributed by atoms with E-state index in [4.69, 9.17) is 0 Å². The smallest absolute Gasteiger partial charge is 0.358 e. The lowest BCUT2D eigenvalue weighted by molar-refractivity contribution is -0.390. The van der Waals surface area contributed by atoms with Crippen molar-refractivity contribution >= 4 is 21.7 Å². The molecule has 0 aliphatic rings. The Hall–Kier alpha value is -1.70. The van der Waals surface area contributed by atoms with E-state index in [-0.39, 0.29) is 5.82 Å². The van der Waals surface area contributed by atoms with E-state index >= 15 is 0 Å². The third kappa shape index (κ3) is 2.36. The molecule has 2 aromatic heterocycles. The van der Waals surface area contributed by atoms with Crippen LogP contribution < -0.4 is 0 Å². The van der Waals surface area contributed by atoms with Crippen molar-refractivity contribution in [1.82, 2.24) is 19.6 Å². The van der Waals surface area contributed by atoms with Crippen molar-refractivity contribution in [3.8, 4) is 0 Å². The summed E-state index contributed by atoms with van der Waals surface area (Å²) in [4.78, 5) is 10.1. The molecule has 0 unspecified atom stereocenters. The van der Waals surface area contributed by atoms with Gasteiger partial charge in [0.2, 0.25) is 0 Å². The molecule has 8 heteroatoms. The number of nitro groups is 1. The van der Waals surface area contributed by atoms with Crippen LogP contribution in [0.15, 0.2) is 16.7 Å². The zero-order chi connectivity index (χ0) is 12.6. The second-order valence-electron chi connectivity index (χ2n) is 3.66. The lowest BCUT2D eigenvalue weighted by atomic mass is 10.4. The molecule has 0 amide bonds. The summed E-state index contributed by atoms with van der Waals surface area (Å²) in [7, 11) is 1.83. The van der Waals surface area contributed by atoms with Gasteiger partial charge in [-0.1, -0.05) is 0 Å². The third-order valence-electron chi connectivity index (χ3n) is 2.29. The Morgan fingerprint density at radius 2 is 2.24 bits per heavy atom. The maximum Gasteiger partial charge on any atom is 0.404 e. The standard InChI is InChI=1S/C9H10BrN5O2/c1-6-3-7(13(2)11-6)4-14-5-8(10)9(12-14)15(16)17/h3,5H,4H2,1-2H3. The number of halogens is 1. The van der Waals surface area contributed by atoms with Gasteiger partial charge in [-0.15, -0.1) is 0 Å². The van der Waals surface area contributed by atoms with E-state index in [1.165, 1.54) is 4.68 Å². The molecule has 0 saturated carbocycles. The molecule has 0 aliphatic carbocycles. The van der Waals surface area contributed by atoms with Gasteiger partial charge in [0.25, 0.3) is 0 Å². The van der Waals surface area contributed by atoms with Crippen LogP contribution in [0.25, 0.3) is 0 Å². The third-order valence-corrected chi connectivity index (χ3v) is 2.85. The first kappa shape index (κ1) is 11.8. The Labute approximate surface area is 105 Å². The molecule has 7 nitrogen and oxygen atoms in total. The van der Waals surface area contributed by atoms with Crippen molar-refractivity contribution in [2.24, 2.45) is 7.05 Å². The Morgan fingerprint density at radius 1 is 1.53 bits per heavy atom. The van der Waals surface area contributed by atoms with Gasteiger partial charge in [-0.2, -0.15) is 9.78 Å². The van der Waals surface area contributed by atoms with Crippen LogP contribution in [-0.2, 0) is 13.6 Å². The highest BCUT2D eigenvalue weighted by Crippen LogP contribution is 2.22. The number of hydrogen-bond acceptors (Lipinski definition) is 4. The molecule has 0 spiro atoms. The fourth-order valence-corrected chi connectivity index (χ4v) is 2.03. The molecule has 0 saturated heterocycles. The van der Waals surface area contributed by atoms with E-state index in [0.29, 0.717) is 11.0 Å². The molecule has 17 heavy (non-hydrogen) atoms. The molecule has 0 bridgehead atoms. The fourth-order valence-electron chi connectivity index (χ4n) is 1.57. The van der Waals surface area contributed by atoms with Crippen molar-refractivity contribution in [1.29, 1.82) is 0 Å². The van der Waals surface area contributed by atoms with Crippen molar-refractivity contribution in [3.63, 3.8) is 0 Å². The average molecular weight is 300 g/mol. The Bertz CT molecular complexity index is 574. The molecule has 0 atom stereocenters. The van der Waals surface area contributed by atoms with E-state index < -0.39 is 4.92 Å². The van der Waals surface area contributed by atoms with E-state index in [1.807, 2.05) is 20.0 Å². The molecular formula is C9H10BrN5O2. The second-order valence-corrected chi connectivity index (χ2v) is 4.51. The molecule has 90 valence electrons. The van der Waals surface area contributed by atoms with Gasteiger partial charge in [-0.05, 0) is 33.8 Å². The summed E-state index contributed by atoms with van der Waals surface area (Å²) in [5, 5.41) is 18.7. The minimum absolute atomic E-state index is 0.177. The van der Waals surface area contributed by atoms with Gasteiger partial charge >= 0.3 is 5.82 Å². The predicted molar refractivity (Wildman–Crippen MR) is 63.6 cm³/mol. The molecule has 0 radical (unpaired) electrons. The Balaban J connectivity index is 2.28. The first-order valence-corrected chi connectivity index (χ1v) is 5.63. The van der Waals surface area contributed by atoms with Crippen LogP contribution >= 0.6 is 15.9 Å². The van der Waals surface area contributed by atoms with Crippen molar-refractivity contribution in [2.75, 3.05) is 0 Å². The fraction of sp³-hybridized carbons (Fsp3) is 0.333. The van der Waals surface area contributed by atoms with Crippen LogP contribution in [0.3, 0.4) is 0 Å². The number of aryl methyl sites for hydroxylation is 2. The van der Waals surface area contributed by atoms with Gasteiger partial charge < -0.3 is 10.1 Å². The normalized spacial score (nSPS) is 10.8. The van der Waals surface area contributed by atoms with Crippen LogP contribution in [-0.4, -0.2) is 24.5 Å². The molecule has 2 heterocycles. The van der Waals surface area contributed by atoms with Gasteiger partial charge in [0.1, 0.15) is 11.0 Å². The van der Waals surface area contributed by atoms with Gasteiger partial charge in [-0.3, -0.25) is 4.68 Å². The molecule has 0 aromatic carbocycles. The Morgan fingerprint density at radius 3 is 2.71 bits per heavy atom. The zero-order valence-electron chi connectivity index (χ0n) is 9.29. The second kappa shape index (κ2) is 4.28. The maximum absolute atomic E-state index is 10.6. The van der Waals surface area contributed by atoms with Crippen LogP contribution in [0.4, 0.5) is 5.82 Å². The highest BCUT2D eigenvalue weighted by molar-refractivity contribution is 9.10. The SMILES string of the molecule is Cc1cc(Cn2cc(Br)c([N+](=O)[O-])n2)n(C)n1. The van der Waals surface area contributed by atoms with E-state index in [1.54, 1.807) is 10.9 Å². The van der Waals surface area contributed by atoms with E-state index in [9.17, 15) is 10.1 Å². The minimum Gasteiger partial charge on any atom is -0.358 e. The summed E-state index contributed by atoms with van der Waals surface area (Å²) in [6.45, 7) is 2.34. The van der Waals surface area contributed by atoms with Crippen LogP contribution in [0.5, 0.6) is 0 Å². The quantitative estimate of drug-likeness (QED) is 0.637. The molecular weight excluding hydrogens is 290 g/mol. The lowest BCUT2D eigenvalue weighted by Gasteiger charge is -1.97. The minimum atomic E-state index is -0.519. The zero-order valence-corrected chi connectivity index (χ0v) is 10.9. The Kier molecular flexibility index (Phi) is 2.97. The first-order valence-electron chi connectivity index (χ1n) is 4.84. The van der Waals surface area contributed by atoms with Gasteiger partial charge in [0, 0.05) is 7.05 Å². The van der Waals surface area contributed by atoms with Crippen LogP contribution in [0, 0.1) is 17.0 Å². The summed E-state index contributed by atoms with van der Waals surface area (Å²) in [6.07, 6.45) is 1.58. The van der Waals surface area contributed by atoms with Gasteiger partial charge in [-0.25, -0.2) is 0 Å².